The molecule has 0 N–H and O–H groups in total. The van der Waals surface area contributed by atoms with Gasteiger partial charge in [0.25, 0.3) is 0 Å². The van der Waals surface area contributed by atoms with Crippen molar-refractivity contribution < 1.29 is 62.7 Å². The molecule has 1 fully saturated rings. The number of halogens is 9. The Morgan fingerprint density at radius 3 is 1.29 bits per heavy atom. The number of nitrogens with zero attached hydrogens (tertiary/aromatic N) is 4. The van der Waals surface area contributed by atoms with Gasteiger partial charge in [-0.1, -0.05) is 6.92 Å². The molecule has 1 aliphatic rings. The minimum atomic E-state index is -5.45. The van der Waals surface area contributed by atoms with Crippen molar-refractivity contribution in [2.45, 2.75) is 57.9 Å². The summed E-state index contributed by atoms with van der Waals surface area (Å²) in [5.41, 5.74) is 0. The molecule has 1 saturated heterocycles. The molecule has 0 bridgehead atoms. The van der Waals surface area contributed by atoms with E-state index in [4.69, 9.17) is 4.21 Å². The first kappa shape index (κ1) is 38.2. The summed E-state index contributed by atoms with van der Waals surface area (Å²) >= 11 is 0. The van der Waals surface area contributed by atoms with Crippen molar-refractivity contribution in [1.82, 2.24) is 19.6 Å². The summed E-state index contributed by atoms with van der Waals surface area (Å²) in [6.07, 6.45) is -17.2. The summed E-state index contributed by atoms with van der Waals surface area (Å²) in [6, 6.07) is 0. The Kier molecular flexibility index (Phi) is 13.4. The van der Waals surface area contributed by atoms with Crippen molar-refractivity contribution >= 4 is 33.4 Å². The summed E-state index contributed by atoms with van der Waals surface area (Å²) in [4.78, 5) is 38.0. The summed E-state index contributed by atoms with van der Waals surface area (Å²) in [5.74, 6) is -7.07. The molecule has 1 atom stereocenters. The van der Waals surface area contributed by atoms with Gasteiger partial charge in [-0.3, -0.25) is 23.8 Å². The SMILES string of the molecule is CCP(=O)(CN1CCCN(C(=O)C(F)(F)F)CCN(C(=O)C(F)(F)F)CCCN(C(=O)C(F)(F)F)CC1)O[Si](C)(C)C. The Balaban J connectivity index is 3.40. The summed E-state index contributed by atoms with van der Waals surface area (Å²) < 4.78 is 138. The Bertz CT molecular complexity index is 989. The molecule has 0 saturated carbocycles. The largest absolute Gasteiger partial charge is 0.471 e. The van der Waals surface area contributed by atoms with Gasteiger partial charge < -0.3 is 18.9 Å². The van der Waals surface area contributed by atoms with Gasteiger partial charge in [0.1, 0.15) is 0 Å². The van der Waals surface area contributed by atoms with Crippen molar-refractivity contribution in [3.8, 4) is 0 Å². The molecule has 0 spiro atoms. The number of alkyl halides is 9. The summed E-state index contributed by atoms with van der Waals surface area (Å²) in [6.45, 7) is 1.53. The maximum Gasteiger partial charge on any atom is 0.471 e. The monoisotopic (exact) mass is 666 g/mol. The lowest BCUT2D eigenvalue weighted by molar-refractivity contribution is -0.189. The van der Waals surface area contributed by atoms with Crippen LogP contribution in [0, 0.1) is 0 Å². The molecule has 42 heavy (non-hydrogen) atoms. The van der Waals surface area contributed by atoms with Crippen molar-refractivity contribution in [2.75, 3.05) is 64.8 Å². The van der Waals surface area contributed by atoms with Gasteiger partial charge in [0.05, 0.1) is 6.29 Å². The van der Waals surface area contributed by atoms with Crippen molar-refractivity contribution in [3.63, 3.8) is 0 Å². The van der Waals surface area contributed by atoms with Gasteiger partial charge >= 0.3 is 36.3 Å². The van der Waals surface area contributed by atoms with Gasteiger partial charge in [-0.2, -0.15) is 39.5 Å². The number of hydrogen-bond acceptors (Lipinski definition) is 6. The smallest absolute Gasteiger partial charge is 0.369 e. The minimum absolute atomic E-state index is 0.0424. The van der Waals surface area contributed by atoms with E-state index in [9.17, 15) is 58.5 Å². The highest BCUT2D eigenvalue weighted by Gasteiger charge is 2.46. The lowest BCUT2D eigenvalue weighted by atomic mass is 10.2. The average molecular weight is 667 g/mol. The van der Waals surface area contributed by atoms with Crippen LogP contribution in [-0.2, 0) is 23.2 Å². The molecule has 9 nitrogen and oxygen atoms in total. The van der Waals surface area contributed by atoms with E-state index in [0.29, 0.717) is 4.90 Å². The van der Waals surface area contributed by atoms with E-state index < -0.39 is 97.6 Å². The third-order valence-electron chi connectivity index (χ3n) is 6.01. The average Bonchev–Trinajstić information content (AvgIpc) is 2.81. The maximum atomic E-state index is 13.5. The number of amides is 3. The molecule has 1 aliphatic heterocycles. The molecule has 0 aromatic heterocycles. The summed E-state index contributed by atoms with van der Waals surface area (Å²) in [7, 11) is -5.80. The van der Waals surface area contributed by atoms with E-state index in [0.717, 1.165) is 0 Å². The normalized spacial score (nSPS) is 19.7. The van der Waals surface area contributed by atoms with Crippen LogP contribution < -0.4 is 0 Å². The molecule has 0 aromatic rings. The van der Waals surface area contributed by atoms with Crippen molar-refractivity contribution in [1.29, 1.82) is 0 Å². The van der Waals surface area contributed by atoms with E-state index in [1.807, 2.05) is 0 Å². The highest BCUT2D eigenvalue weighted by Crippen LogP contribution is 2.49. The third-order valence-corrected chi connectivity index (χ3v) is 11.3. The number of rotatable bonds is 5. The van der Waals surface area contributed by atoms with Gasteiger partial charge in [-0.25, -0.2) is 0 Å². The number of carbonyl (C=O) groups is 3. The quantitative estimate of drug-likeness (QED) is 0.246. The molecule has 1 unspecified atom stereocenters. The van der Waals surface area contributed by atoms with Crippen LogP contribution in [0.25, 0.3) is 0 Å². The topological polar surface area (TPSA) is 90.5 Å². The van der Waals surface area contributed by atoms with E-state index in [-0.39, 0.29) is 41.8 Å². The molecule has 0 aromatic carbocycles. The number of carbonyl (C=O) groups excluding carboxylic acids is 3. The predicted octanol–water partition coefficient (Wildman–Crippen LogP) is 4.36. The van der Waals surface area contributed by atoms with Gasteiger partial charge in [0.2, 0.25) is 7.37 Å². The second kappa shape index (κ2) is 14.7. The molecule has 3 amide bonds. The van der Waals surface area contributed by atoms with Crippen LogP contribution in [0.2, 0.25) is 19.6 Å². The second-order valence-corrected chi connectivity index (χ2v) is 18.2. The molecular formula is C22H36F9N4O5PSi. The van der Waals surface area contributed by atoms with Gasteiger partial charge in [-0.05, 0) is 32.5 Å². The molecule has 0 radical (unpaired) electrons. The van der Waals surface area contributed by atoms with Gasteiger partial charge in [0, 0.05) is 58.5 Å². The van der Waals surface area contributed by atoms with Crippen LogP contribution >= 0.6 is 7.37 Å². The zero-order valence-corrected chi connectivity index (χ0v) is 25.6. The fraction of sp³-hybridized carbons (Fsp3) is 0.864. The van der Waals surface area contributed by atoms with Crippen molar-refractivity contribution in [2.24, 2.45) is 0 Å². The first-order valence-electron chi connectivity index (χ1n) is 13.0. The fourth-order valence-electron chi connectivity index (χ4n) is 4.17. The molecule has 1 rings (SSSR count). The molecular weight excluding hydrogens is 630 g/mol. The first-order chi connectivity index (χ1) is 18.9. The first-order valence-corrected chi connectivity index (χ1v) is 18.4. The fourth-order valence-corrected chi connectivity index (χ4v) is 10.0. The van der Waals surface area contributed by atoms with Crippen LogP contribution in [-0.4, -0.2) is 129 Å². The Morgan fingerprint density at radius 1 is 0.643 bits per heavy atom. The van der Waals surface area contributed by atoms with Crippen LogP contribution in [0.4, 0.5) is 39.5 Å². The zero-order chi connectivity index (χ0) is 32.7. The van der Waals surface area contributed by atoms with E-state index in [1.54, 1.807) is 26.6 Å². The van der Waals surface area contributed by atoms with Gasteiger partial charge in [-0.15, -0.1) is 0 Å². The second-order valence-electron chi connectivity index (χ2n) is 10.7. The molecule has 20 heteroatoms. The third kappa shape index (κ3) is 12.8. The van der Waals surface area contributed by atoms with E-state index in [1.165, 1.54) is 4.90 Å². The summed E-state index contributed by atoms with van der Waals surface area (Å²) in [5, 5.41) is 0. The van der Waals surface area contributed by atoms with Crippen LogP contribution in [0.15, 0.2) is 0 Å². The van der Waals surface area contributed by atoms with Crippen LogP contribution in [0.3, 0.4) is 0 Å². The lowest BCUT2D eigenvalue weighted by Gasteiger charge is -2.34. The zero-order valence-electron chi connectivity index (χ0n) is 23.7. The standard InChI is InChI=1S/C22H36F9N4O5PSi/c1-5-41(39,40-42(2,3)4)16-32-8-6-9-34(18(37)21(26,27)28)14-15-35(19(38)22(29,30)31)11-7-10-33(13-12-32)17(36)20(23,24)25/h5-16H2,1-4H3. The number of hydrogen-bond donors (Lipinski definition) is 0. The van der Waals surface area contributed by atoms with E-state index >= 15 is 0 Å². The predicted molar refractivity (Wildman–Crippen MR) is 136 cm³/mol. The van der Waals surface area contributed by atoms with E-state index in [2.05, 4.69) is 0 Å². The van der Waals surface area contributed by atoms with Crippen LogP contribution in [0.1, 0.15) is 19.8 Å². The Morgan fingerprint density at radius 2 is 0.976 bits per heavy atom. The van der Waals surface area contributed by atoms with Gasteiger partial charge in [0.15, 0.2) is 8.32 Å². The van der Waals surface area contributed by atoms with Crippen LogP contribution in [0.5, 0.6) is 0 Å². The minimum Gasteiger partial charge on any atom is -0.369 e. The highest BCUT2D eigenvalue weighted by atomic mass is 31.2. The Hall–Kier alpha value is -1.85. The maximum absolute atomic E-state index is 13.5. The lowest BCUT2D eigenvalue weighted by Crippen LogP contribution is -2.50. The van der Waals surface area contributed by atoms with Crippen molar-refractivity contribution in [3.05, 3.63) is 0 Å². The molecule has 0 aliphatic carbocycles. The molecule has 1 heterocycles. The highest BCUT2D eigenvalue weighted by molar-refractivity contribution is 7.60. The Labute approximate surface area is 238 Å². The molecule has 246 valence electrons.